The number of amides is 1. The van der Waals surface area contributed by atoms with Crippen molar-refractivity contribution in [2.75, 3.05) is 7.11 Å². The number of aryl methyl sites for hydroxylation is 1. The maximum absolute atomic E-state index is 13.7. The maximum atomic E-state index is 13.7. The summed E-state index contributed by atoms with van der Waals surface area (Å²) in [5.74, 6) is 0.515. The minimum atomic E-state index is -0.240. The van der Waals surface area contributed by atoms with E-state index in [1.54, 1.807) is 7.11 Å². The number of nitrogens with zero attached hydrogens (tertiary/aromatic N) is 2. The van der Waals surface area contributed by atoms with Gasteiger partial charge in [0.25, 0.3) is 0 Å². The standard InChI is InChI=1S/C31H29N3O2/c1-22-16-17-34-28(21-32-29(34)18-22)27(25-14-9-15-26(19-25)36-2)20-30(35)33-31(23-10-5-3-6-11-23)24-12-7-4-8-13-24/h3-19,21,27,31H,20H2,1-2H3,(H,33,35). The van der Waals surface area contributed by atoms with Crippen molar-refractivity contribution in [2.24, 2.45) is 0 Å². The largest absolute Gasteiger partial charge is 0.497 e. The predicted molar refractivity (Wildman–Crippen MR) is 142 cm³/mol. The molecule has 2 aromatic heterocycles. The third-order valence-corrected chi connectivity index (χ3v) is 6.51. The van der Waals surface area contributed by atoms with Crippen LogP contribution in [-0.4, -0.2) is 22.4 Å². The topological polar surface area (TPSA) is 55.6 Å². The van der Waals surface area contributed by atoms with Crippen LogP contribution in [0.25, 0.3) is 5.65 Å². The molecule has 0 aliphatic carbocycles. The molecule has 0 saturated carbocycles. The smallest absolute Gasteiger partial charge is 0.221 e. The summed E-state index contributed by atoms with van der Waals surface area (Å²) in [6, 6.07) is 31.9. The first-order valence-corrected chi connectivity index (χ1v) is 12.1. The number of methoxy groups -OCH3 is 1. The number of hydrogen-bond acceptors (Lipinski definition) is 3. The minimum absolute atomic E-state index is 0.0393. The van der Waals surface area contributed by atoms with Gasteiger partial charge in [0.2, 0.25) is 5.91 Å². The molecule has 2 heterocycles. The van der Waals surface area contributed by atoms with Gasteiger partial charge in [0.15, 0.2) is 0 Å². The number of carbonyl (C=O) groups excluding carboxylic acids is 1. The minimum Gasteiger partial charge on any atom is -0.497 e. The monoisotopic (exact) mass is 475 g/mol. The van der Waals surface area contributed by atoms with E-state index in [1.165, 1.54) is 0 Å². The van der Waals surface area contributed by atoms with Crippen LogP contribution in [-0.2, 0) is 4.79 Å². The number of rotatable bonds is 8. The molecule has 1 unspecified atom stereocenters. The SMILES string of the molecule is COc1cccc(C(CC(=O)NC(c2ccccc2)c2ccccc2)c2cnc3cc(C)ccn23)c1. The summed E-state index contributed by atoms with van der Waals surface area (Å²) in [6.07, 6.45) is 4.16. The van der Waals surface area contributed by atoms with Crippen molar-refractivity contribution in [1.82, 2.24) is 14.7 Å². The average molecular weight is 476 g/mol. The molecule has 0 saturated heterocycles. The molecule has 5 heteroatoms. The van der Waals surface area contributed by atoms with E-state index < -0.39 is 0 Å². The number of nitrogens with one attached hydrogen (secondary N) is 1. The Morgan fingerprint density at radius 3 is 2.22 bits per heavy atom. The number of fused-ring (bicyclic) bond motifs is 1. The fourth-order valence-electron chi connectivity index (χ4n) is 4.67. The van der Waals surface area contributed by atoms with Crippen LogP contribution in [0.4, 0.5) is 0 Å². The summed E-state index contributed by atoms with van der Waals surface area (Å²) >= 11 is 0. The van der Waals surface area contributed by atoms with Crippen molar-refractivity contribution >= 4 is 11.6 Å². The molecular weight excluding hydrogens is 446 g/mol. The molecular formula is C31H29N3O2. The molecule has 5 aromatic rings. The molecule has 0 aliphatic rings. The number of hydrogen-bond donors (Lipinski definition) is 1. The molecule has 0 aliphatic heterocycles. The average Bonchev–Trinajstić information content (AvgIpc) is 3.34. The summed E-state index contributed by atoms with van der Waals surface area (Å²) in [4.78, 5) is 18.3. The lowest BCUT2D eigenvalue weighted by molar-refractivity contribution is -0.121. The van der Waals surface area contributed by atoms with Crippen molar-refractivity contribution in [1.29, 1.82) is 0 Å². The van der Waals surface area contributed by atoms with Gasteiger partial charge in [-0.05, 0) is 53.4 Å². The van der Waals surface area contributed by atoms with E-state index in [-0.39, 0.29) is 24.3 Å². The molecule has 1 amide bonds. The van der Waals surface area contributed by atoms with Crippen LogP contribution >= 0.6 is 0 Å². The number of carbonyl (C=O) groups is 1. The first kappa shape index (κ1) is 23.4. The molecule has 1 atom stereocenters. The van der Waals surface area contributed by atoms with E-state index in [4.69, 9.17) is 4.74 Å². The zero-order valence-electron chi connectivity index (χ0n) is 20.5. The number of ether oxygens (including phenoxy) is 1. The summed E-state index contributed by atoms with van der Waals surface area (Å²) < 4.78 is 7.55. The fraction of sp³-hybridized carbons (Fsp3) is 0.161. The van der Waals surface area contributed by atoms with Crippen molar-refractivity contribution in [3.63, 3.8) is 0 Å². The van der Waals surface area contributed by atoms with Gasteiger partial charge in [-0.3, -0.25) is 4.79 Å². The fourth-order valence-corrected chi connectivity index (χ4v) is 4.67. The van der Waals surface area contributed by atoms with Gasteiger partial charge in [-0.15, -0.1) is 0 Å². The highest BCUT2D eigenvalue weighted by Crippen LogP contribution is 2.32. The first-order valence-electron chi connectivity index (χ1n) is 12.1. The van der Waals surface area contributed by atoms with Gasteiger partial charge in [-0.2, -0.15) is 0 Å². The molecule has 36 heavy (non-hydrogen) atoms. The summed E-state index contributed by atoms with van der Waals surface area (Å²) in [5, 5.41) is 3.30. The maximum Gasteiger partial charge on any atom is 0.221 e. The molecule has 0 bridgehead atoms. The highest BCUT2D eigenvalue weighted by molar-refractivity contribution is 5.78. The highest BCUT2D eigenvalue weighted by Gasteiger charge is 2.25. The van der Waals surface area contributed by atoms with Crippen molar-refractivity contribution in [3.8, 4) is 5.75 Å². The van der Waals surface area contributed by atoms with Gasteiger partial charge in [0.1, 0.15) is 11.4 Å². The number of imidazole rings is 1. The molecule has 0 spiro atoms. The number of pyridine rings is 1. The van der Waals surface area contributed by atoms with E-state index >= 15 is 0 Å². The van der Waals surface area contributed by atoms with Crippen LogP contribution in [0.3, 0.4) is 0 Å². The highest BCUT2D eigenvalue weighted by atomic mass is 16.5. The molecule has 0 radical (unpaired) electrons. The van der Waals surface area contributed by atoms with E-state index in [2.05, 4.69) is 27.7 Å². The zero-order chi connectivity index (χ0) is 24.9. The van der Waals surface area contributed by atoms with Crippen LogP contribution < -0.4 is 10.1 Å². The zero-order valence-corrected chi connectivity index (χ0v) is 20.5. The van der Waals surface area contributed by atoms with Crippen LogP contribution in [0.5, 0.6) is 5.75 Å². The molecule has 0 fully saturated rings. The Labute approximate surface area is 211 Å². The predicted octanol–water partition coefficient (Wildman–Crippen LogP) is 6.08. The van der Waals surface area contributed by atoms with E-state index in [0.717, 1.165) is 39.3 Å². The van der Waals surface area contributed by atoms with Crippen LogP contribution in [0, 0.1) is 6.92 Å². The van der Waals surface area contributed by atoms with Crippen molar-refractivity contribution in [3.05, 3.63) is 137 Å². The Balaban J connectivity index is 1.50. The lowest BCUT2D eigenvalue weighted by Gasteiger charge is -2.23. The lowest BCUT2D eigenvalue weighted by atomic mass is 9.91. The van der Waals surface area contributed by atoms with E-state index in [9.17, 15) is 4.79 Å². The van der Waals surface area contributed by atoms with Crippen molar-refractivity contribution < 1.29 is 9.53 Å². The number of aromatic nitrogens is 2. The second kappa shape index (κ2) is 10.5. The van der Waals surface area contributed by atoms with Gasteiger partial charge >= 0.3 is 0 Å². The third kappa shape index (κ3) is 5.01. The summed E-state index contributed by atoms with van der Waals surface area (Å²) in [6.45, 7) is 2.05. The number of benzene rings is 3. The Morgan fingerprint density at radius 1 is 0.889 bits per heavy atom. The Hall–Kier alpha value is -4.38. The van der Waals surface area contributed by atoms with E-state index in [1.807, 2.05) is 103 Å². The van der Waals surface area contributed by atoms with Gasteiger partial charge in [0, 0.05) is 24.7 Å². The quantitative estimate of drug-likeness (QED) is 0.296. The second-order valence-electron chi connectivity index (χ2n) is 8.97. The van der Waals surface area contributed by atoms with Crippen LogP contribution in [0.15, 0.2) is 109 Å². The Bertz CT molecular complexity index is 1420. The third-order valence-electron chi connectivity index (χ3n) is 6.51. The summed E-state index contributed by atoms with van der Waals surface area (Å²) in [7, 11) is 1.65. The molecule has 180 valence electrons. The summed E-state index contributed by atoms with van der Waals surface area (Å²) in [5.41, 5.74) is 6.06. The lowest BCUT2D eigenvalue weighted by Crippen LogP contribution is -2.30. The molecule has 5 nitrogen and oxygen atoms in total. The van der Waals surface area contributed by atoms with Gasteiger partial charge in [-0.25, -0.2) is 4.98 Å². The Kier molecular flexibility index (Phi) is 6.80. The second-order valence-corrected chi connectivity index (χ2v) is 8.97. The molecule has 3 aromatic carbocycles. The molecule has 5 rings (SSSR count). The van der Waals surface area contributed by atoms with Gasteiger partial charge < -0.3 is 14.5 Å². The van der Waals surface area contributed by atoms with Gasteiger partial charge in [0.05, 0.1) is 18.8 Å². The van der Waals surface area contributed by atoms with Crippen molar-refractivity contribution in [2.45, 2.75) is 25.3 Å². The molecule has 1 N–H and O–H groups in total. The Morgan fingerprint density at radius 2 is 1.56 bits per heavy atom. The van der Waals surface area contributed by atoms with Gasteiger partial charge in [-0.1, -0.05) is 72.8 Å². The van der Waals surface area contributed by atoms with Crippen LogP contribution in [0.2, 0.25) is 0 Å². The normalized spacial score (nSPS) is 12.0. The first-order chi connectivity index (χ1) is 17.6. The van der Waals surface area contributed by atoms with E-state index in [0.29, 0.717) is 0 Å². The van der Waals surface area contributed by atoms with Crippen LogP contribution in [0.1, 0.15) is 46.3 Å².